The summed E-state index contributed by atoms with van der Waals surface area (Å²) < 4.78 is 16.1. The summed E-state index contributed by atoms with van der Waals surface area (Å²) in [5.74, 6) is 0. The van der Waals surface area contributed by atoms with Gasteiger partial charge in [-0.3, -0.25) is 9.13 Å². The average Bonchev–Trinajstić information content (AvgIpc) is 1.50. The van der Waals surface area contributed by atoms with Crippen molar-refractivity contribution in [2.45, 2.75) is 0 Å². The van der Waals surface area contributed by atoms with Crippen LogP contribution < -0.4 is 0 Å². The van der Waals surface area contributed by atoms with Crippen LogP contribution >= 0.6 is 18.2 Å². The molecule has 0 amide bonds. The topological polar surface area (TPSA) is 223 Å². The van der Waals surface area contributed by atoms with Gasteiger partial charge in [-0.1, -0.05) is 0 Å². The summed E-state index contributed by atoms with van der Waals surface area (Å²) in [5.41, 5.74) is 0. The van der Waals surface area contributed by atoms with Crippen molar-refractivity contribution in [2.24, 2.45) is 0 Å². The molecule has 0 spiro atoms. The van der Waals surface area contributed by atoms with Crippen LogP contribution in [0.4, 0.5) is 0 Å². The Morgan fingerprint density at radius 3 is 0.455 bits per heavy atom. The quantitative estimate of drug-likeness (QED) is 0.396. The van der Waals surface area contributed by atoms with Crippen LogP contribution in [0.2, 0.25) is 0 Å². The van der Waals surface area contributed by atoms with Crippen LogP contribution in [-0.2, 0) is 9.13 Å². The first-order chi connectivity index (χ1) is 2.00. The maximum atomic E-state index is 8.06. The van der Waals surface area contributed by atoms with Gasteiger partial charge in [-0.15, -0.1) is 0 Å². The molecule has 0 aliphatic carbocycles. The molecule has 0 aromatic heterocycles. The Labute approximate surface area is 108 Å². The Balaban J connectivity index is -0.000000000635. The van der Waals surface area contributed by atoms with Gasteiger partial charge < -0.3 is 32.9 Å². The zero-order chi connectivity index (χ0) is 4.00. The van der Waals surface area contributed by atoms with Crippen molar-refractivity contribution < 1.29 is 91.4 Å². The summed E-state index contributed by atoms with van der Waals surface area (Å²) in [7, 11) is 3.44. The van der Waals surface area contributed by atoms with Crippen molar-refractivity contribution in [2.75, 3.05) is 0 Å². The summed E-state index contributed by atoms with van der Waals surface area (Å²) in [6.45, 7) is 0. The Hall–Kier alpha value is 1.54. The van der Waals surface area contributed by atoms with Gasteiger partial charge in [0.2, 0.25) is 0 Å². The zero-order valence-corrected chi connectivity index (χ0v) is 9.62. The SMILES string of the molecule is O.O.O.O.O.O.O=P.O=P.[Eu]. The molecule has 0 heterocycles. The van der Waals surface area contributed by atoms with Crippen LogP contribution in [0, 0.1) is 49.4 Å². The number of rotatable bonds is 0. The molecule has 0 aliphatic rings. The second-order valence-electron chi connectivity index (χ2n) is 0. The molecule has 0 bridgehead atoms. The van der Waals surface area contributed by atoms with E-state index in [1.54, 1.807) is 18.2 Å². The van der Waals surface area contributed by atoms with Gasteiger partial charge in [-0.2, -0.15) is 0 Å². The fourth-order valence-electron chi connectivity index (χ4n) is 0. The molecule has 79 valence electrons. The van der Waals surface area contributed by atoms with Crippen LogP contribution in [0.25, 0.3) is 0 Å². The van der Waals surface area contributed by atoms with Gasteiger partial charge in [0.05, 0.1) is 0 Å². The van der Waals surface area contributed by atoms with Crippen molar-refractivity contribution in [1.82, 2.24) is 0 Å². The number of hydrogen-bond acceptors (Lipinski definition) is 2. The largest absolute Gasteiger partial charge is 0.412 e. The molecular weight excluding hydrogens is 342 g/mol. The molecule has 11 heteroatoms. The van der Waals surface area contributed by atoms with Crippen molar-refractivity contribution in [1.29, 1.82) is 0 Å². The summed E-state index contributed by atoms with van der Waals surface area (Å²) in [6, 6.07) is 0. The van der Waals surface area contributed by atoms with Crippen LogP contribution in [0.3, 0.4) is 0 Å². The average molecular weight is 356 g/mol. The van der Waals surface area contributed by atoms with Crippen LogP contribution in [0.15, 0.2) is 0 Å². The van der Waals surface area contributed by atoms with E-state index in [1.807, 2.05) is 0 Å². The minimum absolute atomic E-state index is 0. The third kappa shape index (κ3) is 441. The molecule has 0 unspecified atom stereocenters. The first-order valence-electron chi connectivity index (χ1n) is 0.408. The molecule has 11 heavy (non-hydrogen) atoms. The Morgan fingerprint density at radius 2 is 0.455 bits per heavy atom. The number of hydrogen-bond donors (Lipinski definition) is 0. The van der Waals surface area contributed by atoms with Crippen molar-refractivity contribution in [3.63, 3.8) is 0 Å². The van der Waals surface area contributed by atoms with Gasteiger partial charge in [0.25, 0.3) is 0 Å². The molecule has 0 aromatic rings. The molecule has 0 saturated heterocycles. The van der Waals surface area contributed by atoms with E-state index in [0.29, 0.717) is 0 Å². The fraction of sp³-hybridized carbons (Fsp3) is 0. The molecule has 0 aliphatic heterocycles. The van der Waals surface area contributed by atoms with Crippen LogP contribution in [-0.4, -0.2) is 32.9 Å². The summed E-state index contributed by atoms with van der Waals surface area (Å²) >= 11 is 0. The van der Waals surface area contributed by atoms with E-state index in [4.69, 9.17) is 9.13 Å². The predicted molar refractivity (Wildman–Crippen MR) is 39.7 cm³/mol. The molecule has 1 radical (unpaired) electrons. The fourth-order valence-corrected chi connectivity index (χ4v) is 0. The van der Waals surface area contributed by atoms with Gasteiger partial charge >= 0.3 is 0 Å². The van der Waals surface area contributed by atoms with Crippen molar-refractivity contribution in [3.05, 3.63) is 0 Å². The molecule has 0 saturated carbocycles. The van der Waals surface area contributed by atoms with Crippen LogP contribution in [0.1, 0.15) is 0 Å². The summed E-state index contributed by atoms with van der Waals surface area (Å²) in [6.07, 6.45) is 0. The molecule has 12 N–H and O–H groups in total. The standard InChI is InChI=1S/Eu.2HOP.6H2O/c;2*1-2;;;;;;/h;2*2H;6*1H2. The molecule has 8 nitrogen and oxygen atoms in total. The van der Waals surface area contributed by atoms with Gasteiger partial charge in [-0.25, -0.2) is 0 Å². The molecular formula is H14EuO8P2. The van der Waals surface area contributed by atoms with E-state index in [0.717, 1.165) is 0 Å². The minimum Gasteiger partial charge on any atom is -0.412 e. The minimum atomic E-state index is 0. The monoisotopic (exact) mass is 357 g/mol. The van der Waals surface area contributed by atoms with E-state index < -0.39 is 0 Å². The Morgan fingerprint density at radius 1 is 0.455 bits per heavy atom. The maximum Gasteiger partial charge on any atom is 0.138 e. The van der Waals surface area contributed by atoms with Gasteiger partial charge in [0.15, 0.2) is 0 Å². The normalized spacial score (nSPS) is 0.727. The molecule has 0 fully saturated rings. The van der Waals surface area contributed by atoms with E-state index in [2.05, 4.69) is 0 Å². The maximum absolute atomic E-state index is 8.06. The van der Waals surface area contributed by atoms with Crippen molar-refractivity contribution >= 4 is 18.2 Å². The molecule has 0 atom stereocenters. The smallest absolute Gasteiger partial charge is 0.138 e. The van der Waals surface area contributed by atoms with Gasteiger partial charge in [-0.05, 0) is 0 Å². The first kappa shape index (κ1) is 133. The first-order valence-corrected chi connectivity index (χ1v) is 1.22. The predicted octanol–water partition coefficient (Wildman–Crippen LogP) is -4.00. The van der Waals surface area contributed by atoms with Crippen molar-refractivity contribution in [3.8, 4) is 0 Å². The van der Waals surface area contributed by atoms with Crippen LogP contribution in [0.5, 0.6) is 0 Å². The molecule has 0 rings (SSSR count). The third-order valence-corrected chi connectivity index (χ3v) is 0. The van der Waals surface area contributed by atoms with E-state index in [-0.39, 0.29) is 82.2 Å². The third-order valence-electron chi connectivity index (χ3n) is 0. The van der Waals surface area contributed by atoms with E-state index in [1.165, 1.54) is 0 Å². The second kappa shape index (κ2) is 538. The van der Waals surface area contributed by atoms with E-state index >= 15 is 0 Å². The second-order valence-corrected chi connectivity index (χ2v) is 0. The molecule has 0 aromatic carbocycles. The summed E-state index contributed by atoms with van der Waals surface area (Å²) in [4.78, 5) is 0. The van der Waals surface area contributed by atoms with E-state index in [9.17, 15) is 0 Å². The Bertz CT molecular complexity index is 14.1. The van der Waals surface area contributed by atoms with Gasteiger partial charge in [0.1, 0.15) is 18.2 Å². The zero-order valence-electron chi connectivity index (χ0n) is 5.19. The summed E-state index contributed by atoms with van der Waals surface area (Å²) in [5, 5.41) is 0. The van der Waals surface area contributed by atoms with Gasteiger partial charge in [0, 0.05) is 49.4 Å². The Kier molecular flexibility index (Phi) is 6510.